The normalized spacial score (nSPS) is 13.9. The first-order valence-electron chi connectivity index (χ1n) is 12.3. The molecule has 2 aromatic rings. The number of carbonyl (C=O) groups excluding carboxylic acids is 2. The van der Waals surface area contributed by atoms with Gasteiger partial charge in [0.25, 0.3) is 0 Å². The van der Waals surface area contributed by atoms with Crippen molar-refractivity contribution in [3.8, 4) is 16.9 Å². The van der Waals surface area contributed by atoms with Gasteiger partial charge < -0.3 is 20.1 Å². The largest absolute Gasteiger partial charge is 0.493 e. The summed E-state index contributed by atoms with van der Waals surface area (Å²) in [6, 6.07) is 14.5. The SMILES string of the molecule is COCCCOc1cc(CCC(=O)NC(=N)N)ccc1-c1ccc(CN2CCN(C(C)=O)CC2)cc1. The second kappa shape index (κ2) is 13.6. The van der Waals surface area contributed by atoms with E-state index < -0.39 is 0 Å². The van der Waals surface area contributed by atoms with E-state index in [1.807, 2.05) is 23.1 Å². The number of nitrogens with two attached hydrogens (primary N) is 1. The highest BCUT2D eigenvalue weighted by Crippen LogP contribution is 2.32. The number of aryl methyl sites for hydroxylation is 1. The summed E-state index contributed by atoms with van der Waals surface area (Å²) in [5.74, 6) is 0.278. The quantitative estimate of drug-likeness (QED) is 0.250. The lowest BCUT2D eigenvalue weighted by Gasteiger charge is -2.34. The maximum atomic E-state index is 11.9. The van der Waals surface area contributed by atoms with Gasteiger partial charge in [0.05, 0.1) is 6.61 Å². The van der Waals surface area contributed by atoms with Crippen molar-refractivity contribution >= 4 is 17.8 Å². The highest BCUT2D eigenvalue weighted by Gasteiger charge is 2.18. The fourth-order valence-corrected chi connectivity index (χ4v) is 4.20. The minimum Gasteiger partial charge on any atom is -0.493 e. The number of nitrogens with one attached hydrogen (secondary N) is 2. The van der Waals surface area contributed by atoms with Gasteiger partial charge in [-0.3, -0.25) is 25.2 Å². The standard InChI is InChI=1S/C27H37N5O4/c1-20(33)32-14-12-31(13-15-32)19-22-4-8-23(9-5-22)24-10-6-21(7-11-26(34)30-27(28)29)18-25(24)36-17-3-16-35-2/h4-6,8-10,18H,3,7,11-17,19H2,1-2H3,(H4,28,29,30,34). The smallest absolute Gasteiger partial charge is 0.226 e. The van der Waals surface area contributed by atoms with Crippen LogP contribution in [0, 0.1) is 5.41 Å². The lowest BCUT2D eigenvalue weighted by atomic mass is 9.99. The monoisotopic (exact) mass is 495 g/mol. The highest BCUT2D eigenvalue weighted by molar-refractivity contribution is 5.94. The molecule has 4 N–H and O–H groups in total. The molecule has 36 heavy (non-hydrogen) atoms. The van der Waals surface area contributed by atoms with Gasteiger partial charge in [-0.15, -0.1) is 0 Å². The van der Waals surface area contributed by atoms with E-state index in [0.29, 0.717) is 19.6 Å². The van der Waals surface area contributed by atoms with Crippen molar-refractivity contribution in [3.05, 3.63) is 53.6 Å². The third-order valence-corrected chi connectivity index (χ3v) is 6.20. The average Bonchev–Trinajstić information content (AvgIpc) is 2.86. The third kappa shape index (κ3) is 8.35. The van der Waals surface area contributed by atoms with Crippen LogP contribution < -0.4 is 15.8 Å². The lowest BCUT2D eigenvalue weighted by Crippen LogP contribution is -2.47. The minimum absolute atomic E-state index is 0.143. The van der Waals surface area contributed by atoms with E-state index in [1.54, 1.807) is 14.0 Å². The first-order chi connectivity index (χ1) is 17.4. The Morgan fingerprint density at radius 2 is 1.72 bits per heavy atom. The molecule has 0 atom stereocenters. The molecule has 0 saturated carbocycles. The molecule has 3 rings (SSSR count). The highest BCUT2D eigenvalue weighted by atomic mass is 16.5. The van der Waals surface area contributed by atoms with Crippen LogP contribution >= 0.6 is 0 Å². The zero-order valence-corrected chi connectivity index (χ0v) is 21.2. The molecule has 1 saturated heterocycles. The summed E-state index contributed by atoms with van der Waals surface area (Å²) in [5.41, 5.74) is 9.48. The van der Waals surface area contributed by atoms with E-state index >= 15 is 0 Å². The Morgan fingerprint density at radius 3 is 2.36 bits per heavy atom. The number of piperazine rings is 1. The van der Waals surface area contributed by atoms with E-state index in [4.69, 9.17) is 20.6 Å². The molecule has 1 heterocycles. The van der Waals surface area contributed by atoms with Crippen molar-refractivity contribution in [1.82, 2.24) is 15.1 Å². The van der Waals surface area contributed by atoms with Crippen LogP contribution in [0.3, 0.4) is 0 Å². The molecular formula is C27H37N5O4. The van der Waals surface area contributed by atoms with Crippen LogP contribution in [0.15, 0.2) is 42.5 Å². The number of guanidine groups is 1. The number of benzene rings is 2. The lowest BCUT2D eigenvalue weighted by molar-refractivity contribution is -0.130. The Balaban J connectivity index is 1.68. The van der Waals surface area contributed by atoms with Crippen LogP contribution in [-0.2, 0) is 27.3 Å². The van der Waals surface area contributed by atoms with Gasteiger partial charge in [0, 0.05) is 71.8 Å². The Labute approximate surface area is 213 Å². The minimum atomic E-state index is -0.348. The molecule has 0 aliphatic carbocycles. The Bertz CT molecular complexity index is 1030. The van der Waals surface area contributed by atoms with E-state index in [1.165, 1.54) is 5.56 Å². The molecule has 0 spiro atoms. The number of hydrogen-bond donors (Lipinski definition) is 3. The summed E-state index contributed by atoms with van der Waals surface area (Å²) in [6.07, 6.45) is 1.53. The van der Waals surface area contributed by atoms with Gasteiger partial charge >= 0.3 is 0 Å². The first kappa shape index (κ1) is 27.2. The molecule has 2 aromatic carbocycles. The van der Waals surface area contributed by atoms with Crippen molar-refractivity contribution in [1.29, 1.82) is 5.41 Å². The number of amides is 2. The van der Waals surface area contributed by atoms with Crippen molar-refractivity contribution in [2.75, 3.05) is 46.5 Å². The number of hydrogen-bond acceptors (Lipinski definition) is 6. The maximum Gasteiger partial charge on any atom is 0.226 e. The Morgan fingerprint density at radius 1 is 1.03 bits per heavy atom. The molecule has 1 aliphatic rings. The predicted octanol–water partition coefficient (Wildman–Crippen LogP) is 2.38. The summed E-state index contributed by atoms with van der Waals surface area (Å²) >= 11 is 0. The van der Waals surface area contributed by atoms with Gasteiger partial charge in [0.1, 0.15) is 5.75 Å². The molecule has 9 nitrogen and oxygen atoms in total. The summed E-state index contributed by atoms with van der Waals surface area (Å²) in [6.45, 7) is 6.95. The van der Waals surface area contributed by atoms with Gasteiger partial charge in [-0.05, 0) is 29.2 Å². The molecular weight excluding hydrogens is 458 g/mol. The zero-order chi connectivity index (χ0) is 25.9. The second-order valence-corrected chi connectivity index (χ2v) is 8.97. The number of nitrogens with zero attached hydrogens (tertiary/aromatic N) is 2. The van der Waals surface area contributed by atoms with Gasteiger partial charge in [-0.1, -0.05) is 36.4 Å². The summed E-state index contributed by atoms with van der Waals surface area (Å²) in [7, 11) is 1.67. The maximum absolute atomic E-state index is 11.9. The van der Waals surface area contributed by atoms with E-state index in [-0.39, 0.29) is 24.2 Å². The van der Waals surface area contributed by atoms with E-state index in [9.17, 15) is 9.59 Å². The number of ether oxygens (including phenoxy) is 2. The second-order valence-electron chi connectivity index (χ2n) is 8.97. The van der Waals surface area contributed by atoms with Gasteiger partial charge in [0.2, 0.25) is 11.8 Å². The van der Waals surface area contributed by atoms with Crippen molar-refractivity contribution in [2.45, 2.75) is 32.7 Å². The van der Waals surface area contributed by atoms with Crippen LogP contribution in [0.5, 0.6) is 5.75 Å². The fraction of sp³-hybridized carbons (Fsp3) is 0.444. The number of carbonyl (C=O) groups is 2. The molecule has 0 radical (unpaired) electrons. The number of methoxy groups -OCH3 is 1. The fourth-order valence-electron chi connectivity index (χ4n) is 4.20. The van der Waals surface area contributed by atoms with Gasteiger partial charge in [0.15, 0.2) is 5.96 Å². The van der Waals surface area contributed by atoms with Gasteiger partial charge in [-0.2, -0.15) is 0 Å². The Kier molecular flexibility index (Phi) is 10.3. The first-order valence-corrected chi connectivity index (χ1v) is 12.3. The molecule has 1 aliphatic heterocycles. The van der Waals surface area contributed by atoms with Crippen LogP contribution in [-0.4, -0.2) is 74.1 Å². The molecule has 1 fully saturated rings. The van der Waals surface area contributed by atoms with E-state index in [0.717, 1.165) is 61.6 Å². The van der Waals surface area contributed by atoms with Crippen LogP contribution in [0.1, 0.15) is 30.9 Å². The van der Waals surface area contributed by atoms with Gasteiger partial charge in [-0.25, -0.2) is 0 Å². The zero-order valence-electron chi connectivity index (χ0n) is 21.2. The predicted molar refractivity (Wildman–Crippen MR) is 140 cm³/mol. The summed E-state index contributed by atoms with van der Waals surface area (Å²) in [5, 5.41) is 9.50. The van der Waals surface area contributed by atoms with Crippen LogP contribution in [0.2, 0.25) is 0 Å². The molecule has 194 valence electrons. The summed E-state index contributed by atoms with van der Waals surface area (Å²) in [4.78, 5) is 27.7. The molecule has 0 unspecified atom stereocenters. The van der Waals surface area contributed by atoms with Crippen molar-refractivity contribution in [3.63, 3.8) is 0 Å². The summed E-state index contributed by atoms with van der Waals surface area (Å²) < 4.78 is 11.2. The molecule has 0 aromatic heterocycles. The molecule has 0 bridgehead atoms. The average molecular weight is 496 g/mol. The third-order valence-electron chi connectivity index (χ3n) is 6.20. The Hall–Kier alpha value is -3.43. The van der Waals surface area contributed by atoms with Crippen LogP contribution in [0.25, 0.3) is 11.1 Å². The van der Waals surface area contributed by atoms with Crippen LogP contribution in [0.4, 0.5) is 0 Å². The number of rotatable bonds is 11. The van der Waals surface area contributed by atoms with E-state index in [2.05, 4.69) is 34.5 Å². The molecule has 2 amide bonds. The topological polar surface area (TPSA) is 121 Å². The van der Waals surface area contributed by atoms with Crippen molar-refractivity contribution < 1.29 is 19.1 Å². The van der Waals surface area contributed by atoms with Crippen molar-refractivity contribution in [2.24, 2.45) is 5.73 Å². The molecule has 9 heteroatoms.